The van der Waals surface area contributed by atoms with E-state index >= 15 is 0 Å². The lowest BCUT2D eigenvalue weighted by Crippen LogP contribution is -2.14. The highest BCUT2D eigenvalue weighted by molar-refractivity contribution is 7.89. The molecule has 3 aromatic heterocycles. The number of nitrogens with two attached hydrogens (primary N) is 1. The highest BCUT2D eigenvalue weighted by Crippen LogP contribution is 2.39. The van der Waals surface area contributed by atoms with E-state index in [-0.39, 0.29) is 10.6 Å². The maximum Gasteiger partial charge on any atom is 0.241 e. The van der Waals surface area contributed by atoms with Gasteiger partial charge in [0.2, 0.25) is 10.0 Å². The zero-order valence-corrected chi connectivity index (χ0v) is 18.9. The van der Waals surface area contributed by atoms with E-state index in [1.165, 1.54) is 13.2 Å². The number of sulfonamides is 1. The van der Waals surface area contributed by atoms with Crippen molar-refractivity contribution in [2.75, 3.05) is 7.11 Å². The van der Waals surface area contributed by atoms with Crippen LogP contribution in [-0.2, 0) is 10.0 Å². The van der Waals surface area contributed by atoms with Crippen LogP contribution < -0.4 is 9.88 Å². The van der Waals surface area contributed by atoms with Crippen molar-refractivity contribution in [1.29, 1.82) is 0 Å². The SMILES string of the molecule is COc1c(-c2ccccn2)cc(-c2ccc3nccc(-c4ccnnc4)c3c2)cc1S(N)(=O)=O. The Hall–Kier alpha value is -4.21. The third kappa shape index (κ3) is 3.98. The van der Waals surface area contributed by atoms with Gasteiger partial charge in [-0.1, -0.05) is 12.1 Å². The number of benzene rings is 2. The second-order valence-electron chi connectivity index (χ2n) is 7.54. The monoisotopic (exact) mass is 469 g/mol. The molecule has 0 aliphatic heterocycles. The fourth-order valence-corrected chi connectivity index (χ4v) is 4.67. The summed E-state index contributed by atoms with van der Waals surface area (Å²) in [5.41, 5.74) is 5.15. The molecule has 0 fully saturated rings. The molecule has 0 atom stereocenters. The number of primary sulfonamides is 1. The largest absolute Gasteiger partial charge is 0.495 e. The van der Waals surface area contributed by atoms with Crippen molar-refractivity contribution in [3.63, 3.8) is 0 Å². The van der Waals surface area contributed by atoms with Crippen molar-refractivity contribution >= 4 is 20.9 Å². The Morgan fingerprint density at radius 3 is 2.38 bits per heavy atom. The quantitative estimate of drug-likeness (QED) is 0.412. The van der Waals surface area contributed by atoms with Crippen LogP contribution in [0.5, 0.6) is 5.75 Å². The average Bonchev–Trinajstić information content (AvgIpc) is 2.87. The third-order valence-corrected chi connectivity index (χ3v) is 6.39. The first kappa shape index (κ1) is 21.6. The zero-order chi connectivity index (χ0) is 23.7. The first-order chi connectivity index (χ1) is 16.5. The summed E-state index contributed by atoms with van der Waals surface area (Å²) < 4.78 is 30.4. The summed E-state index contributed by atoms with van der Waals surface area (Å²) >= 11 is 0. The zero-order valence-electron chi connectivity index (χ0n) is 18.1. The minimum Gasteiger partial charge on any atom is -0.495 e. The minimum absolute atomic E-state index is 0.113. The standard InChI is InChI=1S/C25H19N5O3S/c1-33-25-21(22-4-2-3-9-27-22)13-18(14-24(25)34(26,31)32)16-5-6-23-20(12-16)19(8-10-28-23)17-7-11-29-30-15-17/h2-15H,1H3,(H2,26,31,32). The lowest BCUT2D eigenvalue weighted by atomic mass is 9.96. The highest BCUT2D eigenvalue weighted by Gasteiger charge is 2.22. The fourth-order valence-electron chi connectivity index (χ4n) is 3.93. The topological polar surface area (TPSA) is 121 Å². The number of ether oxygens (including phenoxy) is 1. The summed E-state index contributed by atoms with van der Waals surface area (Å²) in [7, 11) is -2.67. The maximum absolute atomic E-state index is 12.5. The Kier molecular flexibility index (Phi) is 5.48. The molecule has 0 spiro atoms. The summed E-state index contributed by atoms with van der Waals surface area (Å²) in [6.45, 7) is 0. The summed E-state index contributed by atoms with van der Waals surface area (Å²) in [6.07, 6.45) is 6.69. The molecule has 0 bridgehead atoms. The highest BCUT2D eigenvalue weighted by atomic mass is 32.2. The van der Waals surface area contributed by atoms with Gasteiger partial charge in [0.25, 0.3) is 0 Å². The van der Waals surface area contributed by atoms with Gasteiger partial charge in [0.1, 0.15) is 10.6 Å². The molecule has 168 valence electrons. The third-order valence-electron chi connectivity index (χ3n) is 5.48. The Bertz CT molecular complexity index is 1610. The van der Waals surface area contributed by atoms with Crippen LogP contribution in [-0.4, -0.2) is 35.7 Å². The van der Waals surface area contributed by atoms with Crippen LogP contribution in [0.25, 0.3) is 44.4 Å². The number of methoxy groups -OCH3 is 1. The van der Waals surface area contributed by atoms with E-state index in [4.69, 9.17) is 9.88 Å². The average molecular weight is 470 g/mol. The molecule has 0 saturated carbocycles. The molecule has 0 amide bonds. The van der Waals surface area contributed by atoms with E-state index in [2.05, 4.69) is 20.2 Å². The molecule has 0 aliphatic carbocycles. The Morgan fingerprint density at radius 1 is 0.794 bits per heavy atom. The van der Waals surface area contributed by atoms with Gasteiger partial charge < -0.3 is 4.74 Å². The Balaban J connectivity index is 1.78. The van der Waals surface area contributed by atoms with Gasteiger partial charge in [-0.15, -0.1) is 0 Å². The molecule has 2 N–H and O–H groups in total. The Morgan fingerprint density at radius 2 is 1.68 bits per heavy atom. The maximum atomic E-state index is 12.5. The molecule has 5 rings (SSSR count). The summed E-state index contributed by atoms with van der Waals surface area (Å²) in [6, 6.07) is 18.3. The fraction of sp³-hybridized carbons (Fsp3) is 0.0400. The van der Waals surface area contributed by atoms with E-state index in [0.29, 0.717) is 16.8 Å². The van der Waals surface area contributed by atoms with Crippen molar-refractivity contribution < 1.29 is 13.2 Å². The predicted octanol–water partition coefficient (Wildman–Crippen LogP) is 4.08. The van der Waals surface area contributed by atoms with Crippen molar-refractivity contribution in [2.24, 2.45) is 5.14 Å². The first-order valence-corrected chi connectivity index (χ1v) is 11.8. The van der Waals surface area contributed by atoms with Crippen LogP contribution in [0.2, 0.25) is 0 Å². The smallest absolute Gasteiger partial charge is 0.241 e. The van der Waals surface area contributed by atoms with Crippen LogP contribution in [0.15, 0.2) is 90.3 Å². The van der Waals surface area contributed by atoms with Gasteiger partial charge in [-0.25, -0.2) is 13.6 Å². The van der Waals surface area contributed by atoms with E-state index < -0.39 is 10.0 Å². The number of pyridine rings is 2. The molecule has 9 heteroatoms. The number of rotatable bonds is 5. The van der Waals surface area contributed by atoms with Crippen molar-refractivity contribution in [3.05, 3.63) is 85.5 Å². The van der Waals surface area contributed by atoms with Gasteiger partial charge in [-0.2, -0.15) is 10.2 Å². The summed E-state index contributed by atoms with van der Waals surface area (Å²) in [5, 5.41) is 14.3. The molecule has 0 unspecified atom stereocenters. The van der Waals surface area contributed by atoms with Crippen LogP contribution in [0, 0.1) is 0 Å². The van der Waals surface area contributed by atoms with Gasteiger partial charge in [0, 0.05) is 28.9 Å². The van der Waals surface area contributed by atoms with Crippen LogP contribution in [0.3, 0.4) is 0 Å². The minimum atomic E-state index is -4.08. The second-order valence-corrected chi connectivity index (χ2v) is 9.07. The number of hydrogen-bond acceptors (Lipinski definition) is 7. The second kappa shape index (κ2) is 8.62. The van der Waals surface area contributed by atoms with Crippen LogP contribution in [0.1, 0.15) is 0 Å². The van der Waals surface area contributed by atoms with E-state index in [1.807, 2.05) is 42.5 Å². The number of fused-ring (bicyclic) bond motifs is 1. The predicted molar refractivity (Wildman–Crippen MR) is 129 cm³/mol. The molecule has 34 heavy (non-hydrogen) atoms. The van der Waals surface area contributed by atoms with E-state index in [0.717, 1.165) is 27.6 Å². The van der Waals surface area contributed by atoms with Gasteiger partial charge in [0.05, 0.1) is 30.7 Å². The molecule has 0 saturated heterocycles. The molecule has 0 radical (unpaired) electrons. The summed E-state index contributed by atoms with van der Waals surface area (Å²) in [4.78, 5) is 8.74. The van der Waals surface area contributed by atoms with Crippen molar-refractivity contribution in [1.82, 2.24) is 20.2 Å². The van der Waals surface area contributed by atoms with Gasteiger partial charge in [0.15, 0.2) is 0 Å². The normalized spacial score (nSPS) is 11.5. The molecule has 8 nitrogen and oxygen atoms in total. The number of hydrogen-bond donors (Lipinski definition) is 1. The number of nitrogens with zero attached hydrogens (tertiary/aromatic N) is 4. The first-order valence-electron chi connectivity index (χ1n) is 10.3. The van der Waals surface area contributed by atoms with Gasteiger partial charge in [-0.3, -0.25) is 9.97 Å². The van der Waals surface area contributed by atoms with Crippen molar-refractivity contribution in [3.8, 4) is 39.3 Å². The van der Waals surface area contributed by atoms with E-state index in [9.17, 15) is 8.42 Å². The molecule has 2 aromatic carbocycles. The molecular weight excluding hydrogens is 450 g/mol. The summed E-state index contributed by atoms with van der Waals surface area (Å²) in [5.74, 6) is 0.149. The molecular formula is C25H19N5O3S. The van der Waals surface area contributed by atoms with Crippen molar-refractivity contribution in [2.45, 2.75) is 4.90 Å². The Labute approximate surface area is 196 Å². The molecule has 0 aliphatic rings. The number of aromatic nitrogens is 4. The van der Waals surface area contributed by atoms with Gasteiger partial charge >= 0.3 is 0 Å². The van der Waals surface area contributed by atoms with E-state index in [1.54, 1.807) is 36.9 Å². The van der Waals surface area contributed by atoms with Crippen LogP contribution in [0.4, 0.5) is 0 Å². The van der Waals surface area contributed by atoms with Gasteiger partial charge in [-0.05, 0) is 65.2 Å². The van der Waals surface area contributed by atoms with Crippen LogP contribution >= 0.6 is 0 Å². The molecule has 5 aromatic rings. The lowest BCUT2D eigenvalue weighted by molar-refractivity contribution is 0.404. The lowest BCUT2D eigenvalue weighted by Gasteiger charge is -2.15. The molecule has 3 heterocycles.